The van der Waals surface area contributed by atoms with Crippen molar-refractivity contribution in [2.24, 2.45) is 11.8 Å². The molecule has 6 heteroatoms. The molecule has 0 aromatic heterocycles. The minimum absolute atomic E-state index is 0.0223. The molecular weight excluding hydrogens is 406 g/mol. The summed E-state index contributed by atoms with van der Waals surface area (Å²) >= 11 is 3.46. The molecule has 2 N–H and O–H groups in total. The summed E-state index contributed by atoms with van der Waals surface area (Å²) in [5.74, 6) is 0.193. The van der Waals surface area contributed by atoms with Crippen molar-refractivity contribution >= 4 is 39.2 Å². The van der Waals surface area contributed by atoms with Crippen LogP contribution in [0.4, 0.5) is 16.2 Å². The monoisotopic (exact) mass is 429 g/mol. The fourth-order valence-corrected chi connectivity index (χ4v) is 3.73. The molecule has 0 saturated carbocycles. The van der Waals surface area contributed by atoms with Crippen LogP contribution < -0.4 is 10.6 Å². The molecule has 1 fully saturated rings. The van der Waals surface area contributed by atoms with Crippen molar-refractivity contribution < 1.29 is 9.59 Å². The van der Waals surface area contributed by atoms with Crippen LogP contribution in [0.5, 0.6) is 0 Å². The number of nitrogens with zero attached hydrogens (tertiary/aromatic N) is 1. The van der Waals surface area contributed by atoms with Gasteiger partial charge in [0.05, 0.1) is 5.69 Å². The molecule has 142 valence electrons. The van der Waals surface area contributed by atoms with Gasteiger partial charge in [-0.05, 0) is 59.0 Å². The fraction of sp³-hybridized carbons (Fsp3) is 0.333. The van der Waals surface area contributed by atoms with E-state index in [4.69, 9.17) is 0 Å². The minimum atomic E-state index is -0.101. The molecule has 3 rings (SSSR count). The van der Waals surface area contributed by atoms with Crippen LogP contribution in [0.25, 0.3) is 0 Å². The smallest absolute Gasteiger partial charge is 0.321 e. The number of halogens is 1. The summed E-state index contributed by atoms with van der Waals surface area (Å²) in [6, 6.07) is 17.0. The zero-order chi connectivity index (χ0) is 19.2. The average molecular weight is 430 g/mol. The van der Waals surface area contributed by atoms with Gasteiger partial charge in [0.2, 0.25) is 5.91 Å². The highest BCUT2D eigenvalue weighted by atomic mass is 79.9. The number of benzene rings is 2. The largest absolute Gasteiger partial charge is 0.325 e. The number of para-hydroxylation sites is 2. The summed E-state index contributed by atoms with van der Waals surface area (Å²) < 4.78 is 0.873. The van der Waals surface area contributed by atoms with Crippen molar-refractivity contribution in [2.75, 3.05) is 23.7 Å². The number of carbonyl (C=O) groups excluding carboxylic acids is 2. The van der Waals surface area contributed by atoms with E-state index in [1.165, 1.54) is 0 Å². The van der Waals surface area contributed by atoms with E-state index in [0.717, 1.165) is 28.7 Å². The van der Waals surface area contributed by atoms with Crippen LogP contribution in [-0.4, -0.2) is 29.9 Å². The first kappa shape index (κ1) is 19.4. The van der Waals surface area contributed by atoms with Crippen molar-refractivity contribution in [1.29, 1.82) is 0 Å². The molecule has 1 aliphatic heterocycles. The Morgan fingerprint density at radius 2 is 1.63 bits per heavy atom. The predicted octanol–water partition coefficient (Wildman–Crippen LogP) is 4.97. The number of carbonyl (C=O) groups is 2. The molecule has 1 aliphatic rings. The normalized spacial score (nSPS) is 15.9. The molecule has 0 spiro atoms. The molecule has 3 amide bonds. The number of anilines is 2. The number of likely N-dealkylation sites (tertiary alicyclic amines) is 1. The van der Waals surface area contributed by atoms with Crippen LogP contribution in [0.1, 0.15) is 19.8 Å². The van der Waals surface area contributed by atoms with Gasteiger partial charge in [-0.1, -0.05) is 37.3 Å². The van der Waals surface area contributed by atoms with E-state index in [1.807, 2.05) is 66.4 Å². The van der Waals surface area contributed by atoms with Gasteiger partial charge in [-0.25, -0.2) is 4.79 Å². The first-order valence-electron chi connectivity index (χ1n) is 9.21. The third-order valence-corrected chi connectivity index (χ3v) is 5.80. The molecule has 2 aromatic carbocycles. The second kappa shape index (κ2) is 9.04. The van der Waals surface area contributed by atoms with Gasteiger partial charge in [0.15, 0.2) is 0 Å². The zero-order valence-corrected chi connectivity index (χ0v) is 16.9. The summed E-state index contributed by atoms with van der Waals surface area (Å²) in [4.78, 5) is 26.8. The van der Waals surface area contributed by atoms with Crippen molar-refractivity contribution in [1.82, 2.24) is 4.90 Å². The number of rotatable bonds is 4. The van der Waals surface area contributed by atoms with E-state index in [2.05, 4.69) is 26.6 Å². The van der Waals surface area contributed by atoms with Crippen LogP contribution in [0.15, 0.2) is 59.1 Å². The summed E-state index contributed by atoms with van der Waals surface area (Å²) in [7, 11) is 0. The molecule has 2 aromatic rings. The van der Waals surface area contributed by atoms with Crippen LogP contribution in [0.2, 0.25) is 0 Å². The maximum atomic E-state index is 12.6. The topological polar surface area (TPSA) is 61.4 Å². The molecule has 0 aliphatic carbocycles. The number of nitrogens with one attached hydrogen (secondary N) is 2. The summed E-state index contributed by atoms with van der Waals surface area (Å²) in [6.45, 7) is 3.29. The Hall–Kier alpha value is -2.34. The van der Waals surface area contributed by atoms with Gasteiger partial charge in [-0.3, -0.25) is 4.79 Å². The van der Waals surface area contributed by atoms with E-state index in [1.54, 1.807) is 0 Å². The van der Waals surface area contributed by atoms with Crippen LogP contribution in [0.3, 0.4) is 0 Å². The lowest BCUT2D eigenvalue weighted by molar-refractivity contribution is -0.121. The van der Waals surface area contributed by atoms with Gasteiger partial charge in [-0.15, -0.1) is 0 Å². The van der Waals surface area contributed by atoms with E-state index in [0.29, 0.717) is 13.1 Å². The minimum Gasteiger partial charge on any atom is -0.325 e. The number of piperidine rings is 1. The third-order valence-electron chi connectivity index (χ3n) is 5.10. The van der Waals surface area contributed by atoms with Gasteiger partial charge in [0.25, 0.3) is 0 Å². The van der Waals surface area contributed by atoms with Gasteiger partial charge in [-0.2, -0.15) is 0 Å². The lowest BCUT2D eigenvalue weighted by Gasteiger charge is -2.34. The Morgan fingerprint density at radius 1 is 1.00 bits per heavy atom. The Bertz CT molecular complexity index is 789. The second-order valence-electron chi connectivity index (χ2n) is 6.88. The van der Waals surface area contributed by atoms with E-state index in [-0.39, 0.29) is 23.8 Å². The van der Waals surface area contributed by atoms with Crippen molar-refractivity contribution in [3.63, 3.8) is 0 Å². The van der Waals surface area contributed by atoms with E-state index < -0.39 is 0 Å². The quantitative estimate of drug-likeness (QED) is 0.720. The Kier molecular flexibility index (Phi) is 6.50. The molecule has 1 unspecified atom stereocenters. The zero-order valence-electron chi connectivity index (χ0n) is 15.3. The lowest BCUT2D eigenvalue weighted by Crippen LogP contribution is -2.43. The SMILES string of the molecule is CC(C(=O)Nc1ccccc1Br)C1CCN(C(=O)Nc2ccccc2)CC1. The third kappa shape index (κ3) is 5.10. The van der Waals surface area contributed by atoms with Gasteiger partial charge >= 0.3 is 6.03 Å². The number of amides is 3. The first-order valence-corrected chi connectivity index (χ1v) is 10.0. The maximum absolute atomic E-state index is 12.6. The van der Waals surface area contributed by atoms with Gasteiger partial charge in [0.1, 0.15) is 0 Å². The highest BCUT2D eigenvalue weighted by Crippen LogP contribution is 2.28. The van der Waals surface area contributed by atoms with Crippen molar-refractivity contribution in [2.45, 2.75) is 19.8 Å². The molecule has 1 heterocycles. The Labute approximate surface area is 168 Å². The van der Waals surface area contributed by atoms with Crippen molar-refractivity contribution in [3.05, 3.63) is 59.1 Å². The molecule has 0 radical (unpaired) electrons. The molecule has 1 saturated heterocycles. The highest BCUT2D eigenvalue weighted by Gasteiger charge is 2.30. The molecule has 0 bridgehead atoms. The standard InChI is InChI=1S/C21H24BrN3O2/c1-15(20(26)24-19-10-6-5-9-18(19)22)16-11-13-25(14-12-16)21(27)23-17-7-3-2-4-8-17/h2-10,15-16H,11-14H2,1H3,(H,23,27)(H,24,26). The maximum Gasteiger partial charge on any atom is 0.321 e. The number of urea groups is 1. The Morgan fingerprint density at radius 3 is 2.30 bits per heavy atom. The van der Waals surface area contributed by atoms with Crippen LogP contribution in [-0.2, 0) is 4.79 Å². The summed E-state index contributed by atoms with van der Waals surface area (Å²) in [6.07, 6.45) is 1.65. The highest BCUT2D eigenvalue weighted by molar-refractivity contribution is 9.10. The lowest BCUT2D eigenvalue weighted by atomic mass is 9.85. The van der Waals surface area contributed by atoms with E-state index >= 15 is 0 Å². The first-order chi connectivity index (χ1) is 13.0. The molecular formula is C21H24BrN3O2. The van der Waals surface area contributed by atoms with Crippen molar-refractivity contribution in [3.8, 4) is 0 Å². The van der Waals surface area contributed by atoms with E-state index in [9.17, 15) is 9.59 Å². The molecule has 27 heavy (non-hydrogen) atoms. The van der Waals surface area contributed by atoms with Crippen LogP contribution >= 0.6 is 15.9 Å². The predicted molar refractivity (Wildman–Crippen MR) is 112 cm³/mol. The van der Waals surface area contributed by atoms with Crippen LogP contribution in [0, 0.1) is 11.8 Å². The second-order valence-corrected chi connectivity index (χ2v) is 7.73. The van der Waals surface area contributed by atoms with Gasteiger partial charge < -0.3 is 15.5 Å². The van der Waals surface area contributed by atoms with Gasteiger partial charge in [0, 0.05) is 29.2 Å². The summed E-state index contributed by atoms with van der Waals surface area (Å²) in [5, 5.41) is 5.92. The molecule has 1 atom stereocenters. The fourth-order valence-electron chi connectivity index (χ4n) is 3.35. The number of hydrogen-bond donors (Lipinski definition) is 2. The Balaban J connectivity index is 1.50. The summed E-state index contributed by atoms with van der Waals surface area (Å²) in [5.41, 5.74) is 1.58. The average Bonchev–Trinajstić information content (AvgIpc) is 2.70. The number of hydrogen-bond acceptors (Lipinski definition) is 2. The molecule has 5 nitrogen and oxygen atoms in total.